The molecule has 0 aromatic heterocycles. The number of benzene rings is 1. The van der Waals surface area contributed by atoms with Crippen LogP contribution in [0.2, 0.25) is 0 Å². The summed E-state index contributed by atoms with van der Waals surface area (Å²) >= 11 is 0. The molecule has 0 amide bonds. The average Bonchev–Trinajstić information content (AvgIpc) is 2.46. The minimum absolute atomic E-state index is 0.115. The molecule has 0 radical (unpaired) electrons. The van der Waals surface area contributed by atoms with Crippen LogP contribution in [0.15, 0.2) is 24.3 Å². The molecule has 2 nitrogen and oxygen atoms in total. The predicted octanol–water partition coefficient (Wildman–Crippen LogP) is 4.16. The molecule has 1 atom stereocenters. The Labute approximate surface area is 117 Å². The van der Waals surface area contributed by atoms with Gasteiger partial charge in [-0.25, -0.2) is 0 Å². The summed E-state index contributed by atoms with van der Waals surface area (Å²) in [6.45, 7) is 4.68. The topological polar surface area (TPSA) is 35.2 Å². The fourth-order valence-electron chi connectivity index (χ4n) is 3.37. The Morgan fingerprint density at radius 1 is 1.05 bits per heavy atom. The van der Waals surface area contributed by atoms with Gasteiger partial charge < -0.3 is 10.5 Å². The fourth-order valence-corrected chi connectivity index (χ4v) is 3.37. The molecular weight excluding hydrogens is 234 g/mol. The maximum atomic E-state index is 6.49. The van der Waals surface area contributed by atoms with E-state index in [0.29, 0.717) is 5.92 Å². The summed E-state index contributed by atoms with van der Waals surface area (Å²) in [6.07, 6.45) is 5.15. The van der Waals surface area contributed by atoms with Crippen molar-refractivity contribution in [3.8, 4) is 5.75 Å². The summed E-state index contributed by atoms with van der Waals surface area (Å²) in [7, 11) is 1.72. The maximum absolute atomic E-state index is 6.49. The van der Waals surface area contributed by atoms with Crippen molar-refractivity contribution < 1.29 is 4.74 Å². The molecule has 0 bridgehead atoms. The molecule has 1 fully saturated rings. The Morgan fingerprint density at radius 3 is 2.21 bits per heavy atom. The van der Waals surface area contributed by atoms with Crippen molar-refractivity contribution in [2.24, 2.45) is 23.5 Å². The third-order valence-corrected chi connectivity index (χ3v) is 4.77. The fraction of sp³-hybridized carbons (Fsp3) is 0.647. The Kier molecular flexibility index (Phi) is 4.87. The summed E-state index contributed by atoms with van der Waals surface area (Å²) in [5.74, 6) is 3.23. The first kappa shape index (κ1) is 14.4. The van der Waals surface area contributed by atoms with Gasteiger partial charge in [-0.15, -0.1) is 0 Å². The van der Waals surface area contributed by atoms with E-state index in [4.69, 9.17) is 10.5 Å². The van der Waals surface area contributed by atoms with E-state index in [1.807, 2.05) is 12.1 Å². The van der Waals surface area contributed by atoms with Crippen molar-refractivity contribution in [3.05, 3.63) is 29.8 Å². The van der Waals surface area contributed by atoms with E-state index in [9.17, 15) is 0 Å². The first-order valence-electron chi connectivity index (χ1n) is 7.52. The highest BCUT2D eigenvalue weighted by Gasteiger charge is 2.28. The van der Waals surface area contributed by atoms with Crippen LogP contribution < -0.4 is 10.5 Å². The smallest absolute Gasteiger partial charge is 0.123 e. The van der Waals surface area contributed by atoms with Crippen LogP contribution in [-0.4, -0.2) is 7.11 Å². The molecule has 2 heteroatoms. The van der Waals surface area contributed by atoms with Crippen LogP contribution in [0.3, 0.4) is 0 Å². The summed E-state index contributed by atoms with van der Waals surface area (Å²) < 4.78 is 5.44. The number of nitrogens with two attached hydrogens (primary N) is 1. The van der Waals surface area contributed by atoms with Gasteiger partial charge in [0, 0.05) is 11.6 Å². The Bertz CT molecular complexity index is 394. The van der Waals surface area contributed by atoms with Crippen molar-refractivity contribution in [1.82, 2.24) is 0 Å². The van der Waals surface area contributed by atoms with Gasteiger partial charge in [0.25, 0.3) is 0 Å². The van der Waals surface area contributed by atoms with Gasteiger partial charge in [-0.3, -0.25) is 0 Å². The van der Waals surface area contributed by atoms with Crippen molar-refractivity contribution >= 4 is 0 Å². The Balaban J connectivity index is 2.03. The van der Waals surface area contributed by atoms with Crippen LogP contribution >= 0.6 is 0 Å². The van der Waals surface area contributed by atoms with Crippen molar-refractivity contribution in [2.45, 2.75) is 45.6 Å². The van der Waals surface area contributed by atoms with Gasteiger partial charge >= 0.3 is 0 Å². The molecule has 1 saturated carbocycles. The second-order valence-corrected chi connectivity index (χ2v) is 6.19. The zero-order valence-electron chi connectivity index (χ0n) is 12.4. The standard InChI is InChI=1S/C17H27NO/c1-12(2)13-8-10-14(11-9-13)17(18)15-6-4-5-7-16(15)19-3/h4-7,12-14,17H,8-11,18H2,1-3H3. The molecule has 1 aromatic carbocycles. The lowest BCUT2D eigenvalue weighted by Crippen LogP contribution is -2.27. The molecule has 2 N–H and O–H groups in total. The maximum Gasteiger partial charge on any atom is 0.123 e. The molecule has 0 heterocycles. The van der Waals surface area contributed by atoms with Gasteiger partial charge in [0.05, 0.1) is 7.11 Å². The van der Waals surface area contributed by atoms with E-state index in [2.05, 4.69) is 26.0 Å². The summed E-state index contributed by atoms with van der Waals surface area (Å²) in [5.41, 5.74) is 7.65. The first-order valence-corrected chi connectivity index (χ1v) is 7.52. The van der Waals surface area contributed by atoms with Gasteiger partial charge in [-0.2, -0.15) is 0 Å². The van der Waals surface area contributed by atoms with Crippen LogP contribution in [0.5, 0.6) is 5.75 Å². The quantitative estimate of drug-likeness (QED) is 0.883. The monoisotopic (exact) mass is 261 g/mol. The van der Waals surface area contributed by atoms with Crippen LogP contribution in [0, 0.1) is 17.8 Å². The van der Waals surface area contributed by atoms with E-state index >= 15 is 0 Å². The van der Waals surface area contributed by atoms with E-state index in [1.54, 1.807) is 7.11 Å². The molecule has 0 spiro atoms. The minimum Gasteiger partial charge on any atom is -0.496 e. The van der Waals surface area contributed by atoms with Crippen LogP contribution in [0.1, 0.15) is 51.1 Å². The lowest BCUT2D eigenvalue weighted by Gasteiger charge is -2.34. The molecule has 1 aromatic rings. The van der Waals surface area contributed by atoms with Gasteiger partial charge in [-0.1, -0.05) is 32.0 Å². The van der Waals surface area contributed by atoms with E-state index in [-0.39, 0.29) is 6.04 Å². The molecule has 0 aliphatic heterocycles. The predicted molar refractivity (Wildman–Crippen MR) is 80.2 cm³/mol. The zero-order valence-corrected chi connectivity index (χ0v) is 12.4. The third kappa shape index (κ3) is 3.30. The van der Waals surface area contributed by atoms with Crippen LogP contribution in [0.25, 0.3) is 0 Å². The Hall–Kier alpha value is -1.02. The Morgan fingerprint density at radius 2 is 1.63 bits per heavy atom. The minimum atomic E-state index is 0.115. The van der Waals surface area contributed by atoms with E-state index < -0.39 is 0 Å². The van der Waals surface area contributed by atoms with Gasteiger partial charge in [0.1, 0.15) is 5.75 Å². The van der Waals surface area contributed by atoms with Crippen LogP contribution in [0.4, 0.5) is 0 Å². The largest absolute Gasteiger partial charge is 0.496 e. The number of hydrogen-bond acceptors (Lipinski definition) is 2. The number of hydrogen-bond donors (Lipinski definition) is 1. The number of para-hydroxylation sites is 1. The van der Waals surface area contributed by atoms with Gasteiger partial charge in [0.2, 0.25) is 0 Å². The second kappa shape index (κ2) is 6.42. The average molecular weight is 261 g/mol. The third-order valence-electron chi connectivity index (χ3n) is 4.77. The van der Waals surface area contributed by atoms with Crippen molar-refractivity contribution in [2.75, 3.05) is 7.11 Å². The van der Waals surface area contributed by atoms with Crippen LogP contribution in [-0.2, 0) is 0 Å². The highest BCUT2D eigenvalue weighted by atomic mass is 16.5. The molecule has 2 rings (SSSR count). The van der Waals surface area contributed by atoms with Gasteiger partial charge in [0.15, 0.2) is 0 Å². The van der Waals surface area contributed by atoms with Crippen molar-refractivity contribution in [1.29, 1.82) is 0 Å². The molecular formula is C17H27NO. The highest BCUT2D eigenvalue weighted by Crippen LogP contribution is 2.40. The summed E-state index contributed by atoms with van der Waals surface area (Å²) in [6, 6.07) is 8.29. The zero-order chi connectivity index (χ0) is 13.8. The normalized spacial score (nSPS) is 25.3. The highest BCUT2D eigenvalue weighted by molar-refractivity contribution is 5.36. The number of methoxy groups -OCH3 is 1. The second-order valence-electron chi connectivity index (χ2n) is 6.19. The molecule has 1 aliphatic rings. The SMILES string of the molecule is COc1ccccc1C(N)C1CCC(C(C)C)CC1. The first-order chi connectivity index (χ1) is 9.13. The van der Waals surface area contributed by atoms with E-state index in [1.165, 1.54) is 25.7 Å². The van der Waals surface area contributed by atoms with Crippen molar-refractivity contribution in [3.63, 3.8) is 0 Å². The summed E-state index contributed by atoms with van der Waals surface area (Å²) in [4.78, 5) is 0. The van der Waals surface area contributed by atoms with E-state index in [0.717, 1.165) is 23.1 Å². The van der Waals surface area contributed by atoms with Gasteiger partial charge in [-0.05, 0) is 49.5 Å². The molecule has 1 aliphatic carbocycles. The summed E-state index contributed by atoms with van der Waals surface area (Å²) in [5, 5.41) is 0. The number of ether oxygens (including phenoxy) is 1. The number of rotatable bonds is 4. The lowest BCUT2D eigenvalue weighted by atomic mass is 9.73. The molecule has 1 unspecified atom stereocenters. The lowest BCUT2D eigenvalue weighted by molar-refractivity contribution is 0.202. The molecule has 19 heavy (non-hydrogen) atoms. The molecule has 106 valence electrons. The molecule has 0 saturated heterocycles.